The predicted octanol–water partition coefficient (Wildman–Crippen LogP) is 3.22. The largest absolute Gasteiger partial charge is 0.359 e. The molecule has 1 amide bonds. The third-order valence-corrected chi connectivity index (χ3v) is 3.90. The number of unbranched alkanes of at least 4 members (excludes halogenated alkanes) is 1. The number of carbonyl (C=O) groups is 1. The van der Waals surface area contributed by atoms with Crippen LogP contribution in [0, 0.1) is 12.3 Å². The van der Waals surface area contributed by atoms with E-state index >= 15 is 0 Å². The van der Waals surface area contributed by atoms with Crippen molar-refractivity contribution in [2.24, 2.45) is 10.4 Å². The van der Waals surface area contributed by atoms with E-state index in [1.807, 2.05) is 13.8 Å². The van der Waals surface area contributed by atoms with Crippen LogP contribution in [0.1, 0.15) is 44.7 Å². The van der Waals surface area contributed by atoms with Crippen molar-refractivity contribution in [3.05, 3.63) is 35.4 Å². The summed E-state index contributed by atoms with van der Waals surface area (Å²) in [6, 6.07) is 8.38. The van der Waals surface area contributed by atoms with E-state index in [0.29, 0.717) is 13.1 Å². The second-order valence-electron chi connectivity index (χ2n) is 6.75. The summed E-state index contributed by atoms with van der Waals surface area (Å²) >= 11 is 0. The fourth-order valence-corrected chi connectivity index (χ4v) is 2.15. The molecule has 0 saturated carbocycles. The van der Waals surface area contributed by atoms with Gasteiger partial charge in [0.25, 0.3) is 0 Å². The number of carbonyl (C=O) groups excluding carboxylic acids is 1. The highest BCUT2D eigenvalue weighted by atomic mass is 127. The van der Waals surface area contributed by atoms with Gasteiger partial charge in [-0.15, -0.1) is 24.0 Å². The van der Waals surface area contributed by atoms with Crippen LogP contribution in [0.15, 0.2) is 29.3 Å². The molecule has 0 bridgehead atoms. The van der Waals surface area contributed by atoms with Gasteiger partial charge in [-0.2, -0.15) is 0 Å². The number of guanidine groups is 1. The van der Waals surface area contributed by atoms with Gasteiger partial charge in [0.15, 0.2) is 5.96 Å². The molecule has 142 valence electrons. The molecule has 6 heteroatoms. The van der Waals surface area contributed by atoms with Crippen molar-refractivity contribution in [2.75, 3.05) is 20.1 Å². The summed E-state index contributed by atoms with van der Waals surface area (Å²) < 4.78 is 0. The SMILES string of the molecule is CCCCNC(=NCc1ccc(C)cc1)NCC(C)(C)C(=O)NC.I. The Labute approximate surface area is 169 Å². The molecule has 0 atom stereocenters. The minimum absolute atomic E-state index is 0. The van der Waals surface area contributed by atoms with Crippen LogP contribution < -0.4 is 16.0 Å². The lowest BCUT2D eigenvalue weighted by Gasteiger charge is -2.24. The van der Waals surface area contributed by atoms with Gasteiger partial charge in [-0.05, 0) is 32.8 Å². The first kappa shape index (κ1) is 23.7. The van der Waals surface area contributed by atoms with Gasteiger partial charge in [0, 0.05) is 20.1 Å². The Balaban J connectivity index is 0.00000576. The van der Waals surface area contributed by atoms with Crippen LogP contribution in [0.25, 0.3) is 0 Å². The molecule has 3 N–H and O–H groups in total. The summed E-state index contributed by atoms with van der Waals surface area (Å²) in [5.41, 5.74) is 1.92. The zero-order valence-electron chi connectivity index (χ0n) is 16.1. The minimum Gasteiger partial charge on any atom is -0.359 e. The Hall–Kier alpha value is -1.31. The molecule has 0 fully saturated rings. The molecule has 0 aromatic heterocycles. The van der Waals surface area contributed by atoms with E-state index in [-0.39, 0.29) is 29.9 Å². The molecule has 0 unspecified atom stereocenters. The number of halogens is 1. The van der Waals surface area contributed by atoms with Crippen LogP contribution in [-0.4, -0.2) is 32.0 Å². The second-order valence-corrected chi connectivity index (χ2v) is 6.75. The molecular weight excluding hydrogens is 427 g/mol. The summed E-state index contributed by atoms with van der Waals surface area (Å²) in [7, 11) is 1.66. The molecule has 25 heavy (non-hydrogen) atoms. The van der Waals surface area contributed by atoms with Gasteiger partial charge in [0.2, 0.25) is 5.91 Å². The zero-order valence-corrected chi connectivity index (χ0v) is 18.4. The Kier molecular flexibility index (Phi) is 11.5. The van der Waals surface area contributed by atoms with Crippen LogP contribution in [0.3, 0.4) is 0 Å². The summed E-state index contributed by atoms with van der Waals surface area (Å²) in [4.78, 5) is 16.6. The Bertz CT molecular complexity index is 541. The minimum atomic E-state index is -0.494. The maximum atomic E-state index is 11.9. The summed E-state index contributed by atoms with van der Waals surface area (Å²) in [6.07, 6.45) is 2.21. The van der Waals surface area contributed by atoms with Crippen LogP contribution in [-0.2, 0) is 11.3 Å². The molecule has 1 aromatic rings. The third kappa shape index (κ3) is 9.09. The number of nitrogens with zero attached hydrogens (tertiary/aromatic N) is 1. The van der Waals surface area contributed by atoms with E-state index in [0.717, 1.165) is 25.3 Å². The first-order valence-electron chi connectivity index (χ1n) is 8.69. The lowest BCUT2D eigenvalue weighted by atomic mass is 9.92. The molecule has 1 aromatic carbocycles. The van der Waals surface area contributed by atoms with Gasteiger partial charge in [0.1, 0.15) is 0 Å². The molecule has 0 aliphatic heterocycles. The maximum Gasteiger partial charge on any atom is 0.227 e. The van der Waals surface area contributed by atoms with Crippen molar-refractivity contribution in [3.63, 3.8) is 0 Å². The van der Waals surface area contributed by atoms with Crippen LogP contribution in [0.5, 0.6) is 0 Å². The maximum absolute atomic E-state index is 11.9. The van der Waals surface area contributed by atoms with Crippen molar-refractivity contribution in [1.82, 2.24) is 16.0 Å². The van der Waals surface area contributed by atoms with Gasteiger partial charge in [-0.1, -0.05) is 43.2 Å². The smallest absolute Gasteiger partial charge is 0.227 e. The number of nitrogens with one attached hydrogen (secondary N) is 3. The number of aryl methyl sites for hydroxylation is 1. The van der Waals surface area contributed by atoms with Crippen molar-refractivity contribution >= 4 is 35.8 Å². The van der Waals surface area contributed by atoms with E-state index < -0.39 is 5.41 Å². The van der Waals surface area contributed by atoms with Gasteiger partial charge in [0.05, 0.1) is 12.0 Å². The normalized spacial score (nSPS) is 11.5. The Morgan fingerprint density at radius 3 is 2.36 bits per heavy atom. The van der Waals surface area contributed by atoms with Crippen molar-refractivity contribution in [2.45, 2.75) is 47.1 Å². The fourth-order valence-electron chi connectivity index (χ4n) is 2.15. The molecule has 0 radical (unpaired) electrons. The second kappa shape index (κ2) is 12.1. The molecular formula is C19H33IN4O. The standard InChI is InChI=1S/C19H32N4O.HI/c1-6-7-12-21-18(23-14-19(3,4)17(24)20-5)22-13-16-10-8-15(2)9-11-16;/h8-11H,6-7,12-14H2,1-5H3,(H,20,24)(H2,21,22,23);1H. The van der Waals surface area contributed by atoms with Gasteiger partial charge in [-0.3, -0.25) is 4.79 Å². The van der Waals surface area contributed by atoms with Gasteiger partial charge in [-0.25, -0.2) is 4.99 Å². The van der Waals surface area contributed by atoms with Crippen LogP contribution >= 0.6 is 24.0 Å². The average molecular weight is 460 g/mol. The van der Waals surface area contributed by atoms with Crippen molar-refractivity contribution in [3.8, 4) is 0 Å². The van der Waals surface area contributed by atoms with Crippen LogP contribution in [0.4, 0.5) is 0 Å². The number of hydrogen-bond donors (Lipinski definition) is 3. The number of benzene rings is 1. The molecule has 0 saturated heterocycles. The first-order chi connectivity index (χ1) is 11.4. The van der Waals surface area contributed by atoms with E-state index in [4.69, 9.17) is 0 Å². The lowest BCUT2D eigenvalue weighted by molar-refractivity contribution is -0.128. The number of aliphatic imine (C=N–C) groups is 1. The van der Waals surface area contributed by atoms with Gasteiger partial charge >= 0.3 is 0 Å². The zero-order chi connectivity index (χ0) is 18.0. The van der Waals surface area contributed by atoms with E-state index in [9.17, 15) is 4.79 Å². The summed E-state index contributed by atoms with van der Waals surface area (Å²) in [5, 5.41) is 9.34. The molecule has 0 aliphatic carbocycles. The van der Waals surface area contributed by atoms with Crippen molar-refractivity contribution in [1.29, 1.82) is 0 Å². The quantitative estimate of drug-likeness (QED) is 0.242. The number of amides is 1. The molecule has 1 rings (SSSR count). The fraction of sp³-hybridized carbons (Fsp3) is 0.579. The molecule has 0 heterocycles. The number of rotatable bonds is 8. The monoisotopic (exact) mass is 460 g/mol. The highest BCUT2D eigenvalue weighted by Crippen LogP contribution is 2.13. The van der Waals surface area contributed by atoms with Crippen LogP contribution in [0.2, 0.25) is 0 Å². The molecule has 0 spiro atoms. The number of hydrogen-bond acceptors (Lipinski definition) is 2. The van der Waals surface area contributed by atoms with Crippen molar-refractivity contribution < 1.29 is 4.79 Å². The highest BCUT2D eigenvalue weighted by molar-refractivity contribution is 14.0. The highest BCUT2D eigenvalue weighted by Gasteiger charge is 2.26. The third-order valence-electron chi connectivity index (χ3n) is 3.90. The first-order valence-corrected chi connectivity index (χ1v) is 8.69. The van der Waals surface area contributed by atoms with E-state index in [1.54, 1.807) is 7.05 Å². The average Bonchev–Trinajstić information content (AvgIpc) is 2.57. The van der Waals surface area contributed by atoms with E-state index in [1.165, 1.54) is 11.1 Å². The topological polar surface area (TPSA) is 65.5 Å². The van der Waals surface area contributed by atoms with Gasteiger partial charge < -0.3 is 16.0 Å². The predicted molar refractivity (Wildman–Crippen MR) is 116 cm³/mol. The Morgan fingerprint density at radius 1 is 1.16 bits per heavy atom. The molecule has 0 aliphatic rings. The summed E-state index contributed by atoms with van der Waals surface area (Å²) in [5.74, 6) is 0.766. The summed E-state index contributed by atoms with van der Waals surface area (Å²) in [6.45, 7) is 10.1. The lowest BCUT2D eigenvalue weighted by Crippen LogP contribution is -2.47. The molecule has 5 nitrogen and oxygen atoms in total. The Morgan fingerprint density at radius 2 is 1.80 bits per heavy atom. The van der Waals surface area contributed by atoms with E-state index in [2.05, 4.69) is 59.1 Å².